The first-order valence-electron chi connectivity index (χ1n) is 6.22. The second-order valence-corrected chi connectivity index (χ2v) is 4.29. The third-order valence-electron chi connectivity index (χ3n) is 2.70. The number of carbonyl (C=O) groups excluding carboxylic acids is 1. The summed E-state index contributed by atoms with van der Waals surface area (Å²) in [6.07, 6.45) is 1.52. The molecule has 0 saturated heterocycles. The minimum atomic E-state index is -0.680. The molecule has 0 saturated carbocycles. The third-order valence-corrected chi connectivity index (χ3v) is 2.70. The van der Waals surface area contributed by atoms with Crippen molar-refractivity contribution in [3.8, 4) is 11.5 Å². The monoisotopic (exact) mass is 311 g/mol. The fourth-order valence-electron chi connectivity index (χ4n) is 1.67. The smallest absolute Gasteiger partial charge is 0.239 e. The molecule has 0 spiro atoms. The van der Waals surface area contributed by atoms with Gasteiger partial charge >= 0.3 is 0 Å². The van der Waals surface area contributed by atoms with E-state index < -0.39 is 6.04 Å². The summed E-state index contributed by atoms with van der Waals surface area (Å²) in [6, 6.07) is 8.87. The number of halogens is 1. The molecule has 0 bridgehead atoms. The Hall–Kier alpha value is -1.89. The van der Waals surface area contributed by atoms with Gasteiger partial charge in [-0.25, -0.2) is 4.98 Å². The molecular weight excluding hydrogens is 294 g/mol. The molecule has 1 aromatic carbocycles. The first-order chi connectivity index (χ1) is 9.70. The van der Waals surface area contributed by atoms with Crippen LogP contribution in [0.4, 0.5) is 0 Å². The Morgan fingerprint density at radius 1 is 1.43 bits per heavy atom. The highest BCUT2D eigenvalue weighted by Gasteiger charge is 2.13. The van der Waals surface area contributed by atoms with Crippen LogP contribution in [0.15, 0.2) is 41.0 Å². The number of ether oxygens (including phenoxy) is 1. The maximum Gasteiger partial charge on any atom is 0.239 e. The summed E-state index contributed by atoms with van der Waals surface area (Å²) in [6.45, 7) is 0.451. The number of nitrogens with one attached hydrogen (secondary N) is 1. The van der Waals surface area contributed by atoms with E-state index in [-0.39, 0.29) is 31.5 Å². The van der Waals surface area contributed by atoms with Crippen molar-refractivity contribution in [2.45, 2.75) is 12.6 Å². The number of oxazole rings is 1. The molecule has 7 heteroatoms. The summed E-state index contributed by atoms with van der Waals surface area (Å²) in [5, 5.41) is 2.68. The van der Waals surface area contributed by atoms with Crippen LogP contribution in [0, 0.1) is 0 Å². The molecule has 114 valence electrons. The van der Waals surface area contributed by atoms with E-state index in [1.165, 1.54) is 13.4 Å². The van der Waals surface area contributed by atoms with E-state index in [1.807, 2.05) is 30.3 Å². The molecule has 1 unspecified atom stereocenters. The SMILES string of the molecule is COCC(N)C(=O)NCc1coc(-c2ccccc2)n1.Cl. The van der Waals surface area contributed by atoms with Crippen molar-refractivity contribution in [2.24, 2.45) is 5.73 Å². The normalized spacial score (nSPS) is 11.5. The van der Waals surface area contributed by atoms with E-state index in [9.17, 15) is 4.79 Å². The van der Waals surface area contributed by atoms with Crippen LogP contribution in [0.2, 0.25) is 0 Å². The first-order valence-corrected chi connectivity index (χ1v) is 6.22. The number of carbonyl (C=O) groups is 1. The second kappa shape index (κ2) is 8.41. The van der Waals surface area contributed by atoms with Gasteiger partial charge in [-0.1, -0.05) is 18.2 Å². The average molecular weight is 312 g/mol. The lowest BCUT2D eigenvalue weighted by atomic mass is 10.2. The van der Waals surface area contributed by atoms with Crippen molar-refractivity contribution in [3.05, 3.63) is 42.3 Å². The zero-order valence-electron chi connectivity index (χ0n) is 11.6. The zero-order valence-corrected chi connectivity index (χ0v) is 12.4. The molecular formula is C14H18ClN3O3. The summed E-state index contributed by atoms with van der Waals surface area (Å²) < 4.78 is 10.2. The maximum absolute atomic E-state index is 11.6. The topological polar surface area (TPSA) is 90.4 Å². The van der Waals surface area contributed by atoms with Gasteiger partial charge in [0, 0.05) is 12.7 Å². The van der Waals surface area contributed by atoms with Gasteiger partial charge in [0.1, 0.15) is 12.3 Å². The van der Waals surface area contributed by atoms with Crippen LogP contribution >= 0.6 is 12.4 Å². The number of aromatic nitrogens is 1. The van der Waals surface area contributed by atoms with Crippen molar-refractivity contribution in [2.75, 3.05) is 13.7 Å². The van der Waals surface area contributed by atoms with Crippen LogP contribution in [-0.2, 0) is 16.1 Å². The number of nitrogens with zero attached hydrogens (tertiary/aromatic N) is 1. The summed E-state index contributed by atoms with van der Waals surface area (Å²) in [5.74, 6) is 0.243. The van der Waals surface area contributed by atoms with E-state index in [0.29, 0.717) is 11.6 Å². The number of rotatable bonds is 6. The van der Waals surface area contributed by atoms with Crippen LogP contribution in [-0.4, -0.2) is 30.6 Å². The highest BCUT2D eigenvalue weighted by atomic mass is 35.5. The molecule has 1 heterocycles. The van der Waals surface area contributed by atoms with Crippen molar-refractivity contribution < 1.29 is 13.9 Å². The number of amides is 1. The minimum Gasteiger partial charge on any atom is -0.444 e. The van der Waals surface area contributed by atoms with Gasteiger partial charge in [-0.05, 0) is 12.1 Å². The molecule has 0 aliphatic rings. The number of benzene rings is 1. The molecule has 2 rings (SSSR count). The molecule has 3 N–H and O–H groups in total. The highest BCUT2D eigenvalue weighted by molar-refractivity contribution is 5.85. The number of methoxy groups -OCH3 is 1. The van der Waals surface area contributed by atoms with Gasteiger partial charge in [-0.15, -0.1) is 12.4 Å². The van der Waals surface area contributed by atoms with E-state index in [1.54, 1.807) is 0 Å². The van der Waals surface area contributed by atoms with Crippen molar-refractivity contribution in [1.82, 2.24) is 10.3 Å². The van der Waals surface area contributed by atoms with Crippen LogP contribution in [0.5, 0.6) is 0 Å². The molecule has 21 heavy (non-hydrogen) atoms. The molecule has 6 nitrogen and oxygen atoms in total. The lowest BCUT2D eigenvalue weighted by molar-refractivity contribution is -0.123. The Bertz CT molecular complexity index is 560. The molecule has 1 atom stereocenters. The Morgan fingerprint density at radius 3 is 2.81 bits per heavy atom. The van der Waals surface area contributed by atoms with Gasteiger partial charge in [0.05, 0.1) is 18.8 Å². The molecule has 1 aromatic heterocycles. The summed E-state index contributed by atoms with van der Waals surface area (Å²) in [7, 11) is 1.50. The number of nitrogens with two attached hydrogens (primary N) is 1. The predicted molar refractivity (Wildman–Crippen MR) is 80.9 cm³/mol. The zero-order chi connectivity index (χ0) is 14.4. The quantitative estimate of drug-likeness (QED) is 0.840. The highest BCUT2D eigenvalue weighted by Crippen LogP contribution is 2.17. The lowest BCUT2D eigenvalue weighted by Gasteiger charge is -2.09. The van der Waals surface area contributed by atoms with Gasteiger partial charge in [-0.2, -0.15) is 0 Å². The lowest BCUT2D eigenvalue weighted by Crippen LogP contribution is -2.43. The number of hydrogen-bond acceptors (Lipinski definition) is 5. The molecule has 2 aromatic rings. The molecule has 0 fully saturated rings. The molecule has 0 aliphatic heterocycles. The van der Waals surface area contributed by atoms with Crippen molar-refractivity contribution in [1.29, 1.82) is 0 Å². The Labute approximate surface area is 129 Å². The Balaban J connectivity index is 0.00000220. The van der Waals surface area contributed by atoms with E-state index >= 15 is 0 Å². The molecule has 1 amide bonds. The largest absolute Gasteiger partial charge is 0.444 e. The van der Waals surface area contributed by atoms with Gasteiger partial charge in [0.15, 0.2) is 0 Å². The molecule has 0 aliphatic carbocycles. The van der Waals surface area contributed by atoms with E-state index in [0.717, 1.165) is 5.56 Å². The Kier molecular flexibility index (Phi) is 6.87. The number of hydrogen-bond donors (Lipinski definition) is 2. The van der Waals surface area contributed by atoms with Crippen LogP contribution in [0.3, 0.4) is 0 Å². The van der Waals surface area contributed by atoms with E-state index in [2.05, 4.69) is 10.3 Å². The van der Waals surface area contributed by atoms with Crippen LogP contribution in [0.25, 0.3) is 11.5 Å². The minimum absolute atomic E-state index is 0. The predicted octanol–water partition coefficient (Wildman–Crippen LogP) is 1.35. The van der Waals surface area contributed by atoms with Gasteiger partial charge < -0.3 is 20.2 Å². The van der Waals surface area contributed by atoms with Crippen LogP contribution < -0.4 is 11.1 Å². The summed E-state index contributed by atoms with van der Waals surface area (Å²) in [5.41, 5.74) is 7.14. The Morgan fingerprint density at radius 2 is 2.14 bits per heavy atom. The first kappa shape index (κ1) is 17.2. The van der Waals surface area contributed by atoms with Crippen LogP contribution in [0.1, 0.15) is 5.69 Å². The van der Waals surface area contributed by atoms with Crippen molar-refractivity contribution >= 4 is 18.3 Å². The molecule has 0 radical (unpaired) electrons. The maximum atomic E-state index is 11.6. The fourth-order valence-corrected chi connectivity index (χ4v) is 1.67. The van der Waals surface area contributed by atoms with E-state index in [4.69, 9.17) is 14.9 Å². The fraction of sp³-hybridized carbons (Fsp3) is 0.286. The van der Waals surface area contributed by atoms with Gasteiger partial charge in [0.2, 0.25) is 11.8 Å². The third kappa shape index (κ3) is 4.86. The second-order valence-electron chi connectivity index (χ2n) is 4.29. The summed E-state index contributed by atoms with van der Waals surface area (Å²) in [4.78, 5) is 15.9. The van der Waals surface area contributed by atoms with Crippen molar-refractivity contribution in [3.63, 3.8) is 0 Å². The van der Waals surface area contributed by atoms with Gasteiger partial charge in [0.25, 0.3) is 0 Å². The average Bonchev–Trinajstić information content (AvgIpc) is 2.95. The standard InChI is InChI=1S/C14H17N3O3.ClH/c1-19-9-12(15)13(18)16-7-11-8-20-14(17-11)10-5-3-2-4-6-10;/h2-6,8,12H,7,9,15H2,1H3,(H,16,18);1H. The summed E-state index contributed by atoms with van der Waals surface area (Å²) >= 11 is 0. The van der Waals surface area contributed by atoms with Gasteiger partial charge in [-0.3, -0.25) is 4.79 Å².